The monoisotopic (exact) mass is 839 g/mol. The molecule has 0 radical (unpaired) electrons. The van der Waals surface area contributed by atoms with Gasteiger partial charge in [-0.15, -0.1) is 0 Å². The molecule has 0 fully saturated rings. The summed E-state index contributed by atoms with van der Waals surface area (Å²) in [6, 6.07) is 100. The molecule has 11 aromatic rings. The molecule has 310 valence electrons. The van der Waals surface area contributed by atoms with E-state index in [1.807, 2.05) is 0 Å². The van der Waals surface area contributed by atoms with Gasteiger partial charge in [-0.3, -0.25) is 0 Å². The lowest BCUT2D eigenvalue weighted by Crippen LogP contribution is -2.28. The summed E-state index contributed by atoms with van der Waals surface area (Å²) in [6.45, 7) is 0. The maximum absolute atomic E-state index is 2.51. The number of anilines is 3. The number of fused-ring (bicyclic) bond motifs is 4. The van der Waals surface area contributed by atoms with E-state index >= 15 is 0 Å². The minimum atomic E-state index is -0.538. The van der Waals surface area contributed by atoms with Crippen LogP contribution in [0.25, 0.3) is 66.4 Å². The van der Waals surface area contributed by atoms with Crippen molar-refractivity contribution in [3.8, 4) is 55.6 Å². The van der Waals surface area contributed by atoms with Gasteiger partial charge in [0.05, 0.1) is 16.8 Å². The van der Waals surface area contributed by atoms with Crippen molar-refractivity contribution in [2.24, 2.45) is 0 Å². The fourth-order valence-corrected chi connectivity index (χ4v) is 10.7. The summed E-state index contributed by atoms with van der Waals surface area (Å²) in [5, 5.41) is 2.48. The van der Waals surface area contributed by atoms with Gasteiger partial charge < -0.3 is 4.90 Å². The van der Waals surface area contributed by atoms with Crippen molar-refractivity contribution in [3.05, 3.63) is 295 Å². The average Bonchev–Trinajstić information content (AvgIpc) is 3.71. The Hall–Kier alpha value is -8.52. The van der Waals surface area contributed by atoms with E-state index in [9.17, 15) is 0 Å². The van der Waals surface area contributed by atoms with Gasteiger partial charge in [0.1, 0.15) is 0 Å². The molecule has 0 saturated heterocycles. The van der Waals surface area contributed by atoms with E-state index < -0.39 is 5.41 Å². The first-order valence-corrected chi connectivity index (χ1v) is 22.8. The van der Waals surface area contributed by atoms with Gasteiger partial charge in [0.15, 0.2) is 0 Å². The Morgan fingerprint density at radius 2 is 0.727 bits per heavy atom. The van der Waals surface area contributed by atoms with Crippen LogP contribution in [0, 0.1) is 0 Å². The molecule has 0 heterocycles. The van der Waals surface area contributed by atoms with Gasteiger partial charge in [0.2, 0.25) is 0 Å². The molecular weight excluding hydrogens is 795 g/mol. The minimum absolute atomic E-state index is 0.538. The summed E-state index contributed by atoms with van der Waals surface area (Å²) in [5.74, 6) is 0. The summed E-state index contributed by atoms with van der Waals surface area (Å²) in [5.41, 5.74) is 19.8. The summed E-state index contributed by atoms with van der Waals surface area (Å²) >= 11 is 0. The van der Waals surface area contributed by atoms with Crippen LogP contribution < -0.4 is 4.90 Å². The van der Waals surface area contributed by atoms with Crippen molar-refractivity contribution >= 4 is 27.8 Å². The highest BCUT2D eigenvalue weighted by Crippen LogP contribution is 2.60. The summed E-state index contributed by atoms with van der Waals surface area (Å²) in [4.78, 5) is 2.51. The highest BCUT2D eigenvalue weighted by molar-refractivity contribution is 6.02. The van der Waals surface area contributed by atoms with Gasteiger partial charge >= 0.3 is 0 Å². The molecule has 66 heavy (non-hydrogen) atoms. The molecule has 11 aromatic carbocycles. The van der Waals surface area contributed by atoms with Gasteiger partial charge in [-0.1, -0.05) is 243 Å². The van der Waals surface area contributed by atoms with Crippen LogP contribution in [0.5, 0.6) is 0 Å². The van der Waals surface area contributed by atoms with Crippen molar-refractivity contribution in [2.75, 3.05) is 4.90 Å². The lowest BCUT2D eigenvalue weighted by molar-refractivity contribution is 0.768. The Morgan fingerprint density at radius 1 is 0.258 bits per heavy atom. The number of para-hydroxylation sites is 1. The molecule has 0 amide bonds. The van der Waals surface area contributed by atoms with Crippen LogP contribution in [-0.2, 0) is 5.41 Å². The second-order valence-corrected chi connectivity index (χ2v) is 17.1. The molecule has 1 nitrogen and oxygen atoms in total. The topological polar surface area (TPSA) is 3.24 Å². The van der Waals surface area contributed by atoms with E-state index in [0.29, 0.717) is 0 Å². The molecule has 1 heteroatoms. The molecule has 0 aliphatic heterocycles. The number of nitrogens with zero attached hydrogens (tertiary/aromatic N) is 1. The molecule has 1 aliphatic rings. The largest absolute Gasteiger partial charge is 0.309 e. The lowest BCUT2D eigenvalue weighted by Gasteiger charge is -2.34. The Morgan fingerprint density at radius 3 is 1.41 bits per heavy atom. The van der Waals surface area contributed by atoms with E-state index in [-0.39, 0.29) is 0 Å². The van der Waals surface area contributed by atoms with Gasteiger partial charge in [-0.05, 0) is 108 Å². The highest BCUT2D eigenvalue weighted by Gasteiger charge is 2.47. The molecule has 0 saturated carbocycles. The van der Waals surface area contributed by atoms with Crippen LogP contribution in [0.2, 0.25) is 0 Å². The van der Waals surface area contributed by atoms with E-state index in [1.54, 1.807) is 0 Å². The summed E-state index contributed by atoms with van der Waals surface area (Å²) < 4.78 is 0. The average molecular weight is 840 g/mol. The fraction of sp³-hybridized carbons (Fsp3) is 0.0154. The van der Waals surface area contributed by atoms with E-state index in [0.717, 1.165) is 22.6 Å². The Balaban J connectivity index is 1.11. The van der Waals surface area contributed by atoms with Crippen molar-refractivity contribution in [1.82, 2.24) is 0 Å². The second kappa shape index (κ2) is 16.6. The number of hydrogen-bond acceptors (Lipinski definition) is 1. The maximum atomic E-state index is 2.51. The minimum Gasteiger partial charge on any atom is -0.309 e. The number of benzene rings is 11. The van der Waals surface area contributed by atoms with Crippen LogP contribution in [-0.4, -0.2) is 0 Å². The predicted molar refractivity (Wildman–Crippen MR) is 278 cm³/mol. The molecule has 0 atom stereocenters. The van der Waals surface area contributed by atoms with Crippen LogP contribution in [0.1, 0.15) is 22.3 Å². The first kappa shape index (κ1) is 39.1. The third-order valence-electron chi connectivity index (χ3n) is 13.6. The van der Waals surface area contributed by atoms with E-state index in [2.05, 4.69) is 278 Å². The zero-order valence-corrected chi connectivity index (χ0v) is 36.4. The van der Waals surface area contributed by atoms with Crippen molar-refractivity contribution in [2.45, 2.75) is 5.41 Å². The SMILES string of the molecule is c1ccc(-c2ccccc2-c2ccccc2-c2ccccc2N(c2ccc(-c3ccc4ccccc4c3)cc2)c2cccc3c2-c2ccccc2C3(c2ccccc2)c2ccccc2)cc1. The molecule has 0 unspecified atom stereocenters. The Kier molecular flexibility index (Phi) is 9.81. The van der Waals surface area contributed by atoms with E-state index in [1.165, 1.54) is 83.1 Å². The molecule has 0 spiro atoms. The standard InChI is InChI=1S/C65H45N/c1-4-22-48(23-5-1)54-29-12-13-30-55(54)56-31-14-15-32-57(56)58-33-17-19-37-62(58)66(53-43-41-47(42-44-53)50-40-39-46-21-10-11-24-49(46)45-50)63-38-20-36-61-64(63)59-34-16-18-35-60(59)65(61,51-25-6-2-7-26-51)52-27-8-3-9-28-52/h1-45H. The second-order valence-electron chi connectivity index (χ2n) is 17.1. The molecule has 1 aliphatic carbocycles. The van der Waals surface area contributed by atoms with Crippen molar-refractivity contribution < 1.29 is 0 Å². The molecule has 0 bridgehead atoms. The molecule has 12 rings (SSSR count). The van der Waals surface area contributed by atoms with Gasteiger partial charge in [-0.2, -0.15) is 0 Å². The maximum Gasteiger partial charge on any atom is 0.0714 e. The van der Waals surface area contributed by atoms with Crippen LogP contribution in [0.4, 0.5) is 17.1 Å². The third kappa shape index (κ3) is 6.47. The Bertz CT molecular complexity index is 3480. The molecule has 0 aromatic heterocycles. The number of hydrogen-bond donors (Lipinski definition) is 0. The van der Waals surface area contributed by atoms with Crippen molar-refractivity contribution in [1.29, 1.82) is 0 Å². The van der Waals surface area contributed by atoms with Crippen LogP contribution >= 0.6 is 0 Å². The summed E-state index contributed by atoms with van der Waals surface area (Å²) in [7, 11) is 0. The molecular formula is C65H45N. The predicted octanol–water partition coefficient (Wildman–Crippen LogP) is 17.3. The molecule has 0 N–H and O–H groups in total. The summed E-state index contributed by atoms with van der Waals surface area (Å²) in [6.07, 6.45) is 0. The van der Waals surface area contributed by atoms with Crippen molar-refractivity contribution in [3.63, 3.8) is 0 Å². The van der Waals surface area contributed by atoms with Gasteiger partial charge in [0, 0.05) is 16.8 Å². The zero-order valence-electron chi connectivity index (χ0n) is 36.4. The first-order chi connectivity index (χ1) is 32.8. The highest BCUT2D eigenvalue weighted by atomic mass is 15.1. The lowest BCUT2D eigenvalue weighted by atomic mass is 9.68. The Labute approximate surface area is 387 Å². The number of rotatable bonds is 9. The quantitative estimate of drug-likeness (QED) is 0.140. The first-order valence-electron chi connectivity index (χ1n) is 22.8. The van der Waals surface area contributed by atoms with E-state index in [4.69, 9.17) is 0 Å². The van der Waals surface area contributed by atoms with Gasteiger partial charge in [-0.25, -0.2) is 0 Å². The van der Waals surface area contributed by atoms with Crippen LogP contribution in [0.3, 0.4) is 0 Å². The fourth-order valence-electron chi connectivity index (χ4n) is 10.7. The smallest absolute Gasteiger partial charge is 0.0714 e. The zero-order chi connectivity index (χ0) is 43.9. The third-order valence-corrected chi connectivity index (χ3v) is 13.6. The van der Waals surface area contributed by atoms with Gasteiger partial charge in [0.25, 0.3) is 0 Å². The normalized spacial score (nSPS) is 12.4. The van der Waals surface area contributed by atoms with Crippen LogP contribution in [0.15, 0.2) is 273 Å².